The van der Waals surface area contributed by atoms with Gasteiger partial charge in [-0.05, 0) is 29.7 Å². The van der Waals surface area contributed by atoms with Crippen molar-refractivity contribution in [1.29, 1.82) is 0 Å². The van der Waals surface area contributed by atoms with E-state index in [-0.39, 0.29) is 24.9 Å². The number of aromatic nitrogens is 3. The van der Waals surface area contributed by atoms with E-state index in [1.54, 1.807) is 13.3 Å². The summed E-state index contributed by atoms with van der Waals surface area (Å²) in [5.74, 6) is 0.301. The smallest absolute Gasteiger partial charge is 0.237 e. The summed E-state index contributed by atoms with van der Waals surface area (Å²) in [4.78, 5) is 31.8. The van der Waals surface area contributed by atoms with Crippen molar-refractivity contribution in [2.75, 3.05) is 39.9 Å². The molecule has 0 aliphatic carbocycles. The molecule has 0 atom stereocenters. The molecule has 4 heterocycles. The quantitative estimate of drug-likeness (QED) is 0.235. The van der Waals surface area contributed by atoms with E-state index < -0.39 is 0 Å². The number of β-amino-alcohol motifs (C(OH)–C–C–N with tert-alkyl or cyclic N) is 2. The topological polar surface area (TPSA) is 112 Å². The summed E-state index contributed by atoms with van der Waals surface area (Å²) >= 11 is 13.9. The highest BCUT2D eigenvalue weighted by molar-refractivity contribution is 6.38. The van der Waals surface area contributed by atoms with Gasteiger partial charge in [0.15, 0.2) is 5.78 Å². The zero-order chi connectivity index (χ0) is 31.7. The average Bonchev–Trinajstić information content (AvgIpc) is 3.02. The third-order valence-corrected chi connectivity index (χ3v) is 9.35. The number of likely N-dealkylation sites (tertiary alicyclic amines) is 1. The van der Waals surface area contributed by atoms with Gasteiger partial charge in [0.2, 0.25) is 5.88 Å². The number of Topliss-reactive ketones (excluding diaryl/α,β-unsaturated/α-hetero) is 1. The third kappa shape index (κ3) is 6.60. The minimum absolute atomic E-state index is 0.101. The van der Waals surface area contributed by atoms with Crippen LogP contribution in [0.25, 0.3) is 22.4 Å². The molecule has 2 aliphatic rings. The van der Waals surface area contributed by atoms with Gasteiger partial charge in [0.25, 0.3) is 0 Å². The molecule has 1 saturated heterocycles. The summed E-state index contributed by atoms with van der Waals surface area (Å²) in [6, 6.07) is 13.1. The van der Waals surface area contributed by atoms with Crippen LogP contribution in [0, 0.1) is 6.92 Å². The Kier molecular flexibility index (Phi) is 9.46. The van der Waals surface area contributed by atoms with Crippen molar-refractivity contribution in [2.45, 2.75) is 39.0 Å². The van der Waals surface area contributed by atoms with Crippen LogP contribution in [0.5, 0.6) is 5.88 Å². The predicted octanol–water partition coefficient (Wildman–Crippen LogP) is 4.78. The van der Waals surface area contributed by atoms with Gasteiger partial charge in [0.05, 0.1) is 41.8 Å². The molecule has 0 bridgehead atoms. The highest BCUT2D eigenvalue weighted by atomic mass is 35.5. The minimum atomic E-state index is -0.303. The predicted molar refractivity (Wildman–Crippen MR) is 174 cm³/mol. The van der Waals surface area contributed by atoms with Crippen LogP contribution in [0.3, 0.4) is 0 Å². The number of aliphatic hydroxyl groups is 2. The first-order chi connectivity index (χ1) is 21.7. The maximum atomic E-state index is 13.5. The molecule has 45 heavy (non-hydrogen) atoms. The van der Waals surface area contributed by atoms with E-state index in [0.717, 1.165) is 36.3 Å². The summed E-state index contributed by atoms with van der Waals surface area (Å²) in [6.45, 7) is 6.01. The minimum Gasteiger partial charge on any atom is -0.480 e. The maximum absolute atomic E-state index is 13.5. The van der Waals surface area contributed by atoms with Crippen molar-refractivity contribution in [2.24, 2.45) is 0 Å². The zero-order valence-corrected chi connectivity index (χ0v) is 26.8. The molecule has 2 N–H and O–H groups in total. The van der Waals surface area contributed by atoms with E-state index in [1.165, 1.54) is 0 Å². The SMILES string of the molecule is COc1nc(-c2cccc(-c3cccc(CC(=O)c4cc(C)c5c(n4)CCN(CCO)C5)c3Cl)c2Cl)cnc1CN1CC(O)C1. The fourth-order valence-electron chi connectivity index (χ4n) is 6.04. The molecule has 2 aromatic carbocycles. The Morgan fingerprint density at radius 2 is 1.78 bits per heavy atom. The Bertz CT molecular complexity index is 1740. The molecule has 0 radical (unpaired) electrons. The number of ketones is 1. The summed E-state index contributed by atoms with van der Waals surface area (Å²) in [5, 5.41) is 19.8. The zero-order valence-electron chi connectivity index (χ0n) is 25.3. The van der Waals surface area contributed by atoms with Gasteiger partial charge in [0, 0.05) is 74.5 Å². The summed E-state index contributed by atoms with van der Waals surface area (Å²) < 4.78 is 5.54. The van der Waals surface area contributed by atoms with Crippen molar-refractivity contribution >= 4 is 29.0 Å². The van der Waals surface area contributed by atoms with Gasteiger partial charge in [-0.1, -0.05) is 59.6 Å². The van der Waals surface area contributed by atoms with Crippen molar-refractivity contribution in [1.82, 2.24) is 24.8 Å². The van der Waals surface area contributed by atoms with Crippen LogP contribution >= 0.6 is 23.2 Å². The van der Waals surface area contributed by atoms with Gasteiger partial charge in [-0.3, -0.25) is 19.6 Å². The molecule has 2 aliphatic heterocycles. The van der Waals surface area contributed by atoms with Crippen LogP contribution in [0.2, 0.25) is 10.0 Å². The lowest BCUT2D eigenvalue weighted by molar-refractivity contribution is -0.00403. The first-order valence-electron chi connectivity index (χ1n) is 15.0. The van der Waals surface area contributed by atoms with E-state index in [9.17, 15) is 15.0 Å². The van der Waals surface area contributed by atoms with Gasteiger partial charge in [0.1, 0.15) is 11.4 Å². The monoisotopic (exact) mass is 647 g/mol. The Morgan fingerprint density at radius 1 is 1.04 bits per heavy atom. The van der Waals surface area contributed by atoms with Gasteiger partial charge >= 0.3 is 0 Å². The largest absolute Gasteiger partial charge is 0.480 e. The Hall–Kier alpha value is -3.44. The standard InChI is InChI=1S/C34H35Cl2N5O4/c1-20-13-28(38-27-9-10-40(11-12-42)18-26(20)27)31(44)14-21-5-3-6-23(32(21)35)24-7-4-8-25(33(24)36)29-15-37-30(34(39-29)45-2)19-41-16-22(43)17-41/h3-8,13,15,22,42-43H,9-12,14,16-19H2,1-2H3. The van der Waals surface area contributed by atoms with Crippen LogP contribution in [-0.4, -0.2) is 86.7 Å². The van der Waals surface area contributed by atoms with Gasteiger partial charge in [-0.15, -0.1) is 0 Å². The number of aliphatic hydroxyl groups excluding tert-OH is 2. The fraction of sp³-hybridized carbons (Fsp3) is 0.353. The van der Waals surface area contributed by atoms with Crippen LogP contribution in [0.4, 0.5) is 0 Å². The molecule has 11 heteroatoms. The van der Waals surface area contributed by atoms with Crippen molar-refractivity contribution < 1.29 is 19.7 Å². The Morgan fingerprint density at radius 3 is 2.51 bits per heavy atom. The molecular weight excluding hydrogens is 613 g/mol. The summed E-state index contributed by atoms with van der Waals surface area (Å²) in [6.07, 6.45) is 2.21. The molecule has 0 amide bonds. The lowest BCUT2D eigenvalue weighted by Gasteiger charge is -2.35. The second-order valence-corrected chi connectivity index (χ2v) is 12.4. The van der Waals surface area contributed by atoms with E-state index in [4.69, 9.17) is 37.9 Å². The molecule has 9 nitrogen and oxygen atoms in total. The van der Waals surface area contributed by atoms with Crippen LogP contribution in [-0.2, 0) is 25.9 Å². The fourth-order valence-corrected chi connectivity index (χ4v) is 6.66. The van der Waals surface area contributed by atoms with Gasteiger partial charge < -0.3 is 14.9 Å². The first kappa shape index (κ1) is 31.5. The van der Waals surface area contributed by atoms with Crippen molar-refractivity contribution in [3.05, 3.63) is 92.5 Å². The van der Waals surface area contributed by atoms with E-state index >= 15 is 0 Å². The normalized spacial score (nSPS) is 15.5. The number of rotatable bonds is 10. The Labute approximate surface area is 272 Å². The number of methoxy groups -OCH3 is 1. The molecule has 1 fully saturated rings. The molecule has 0 saturated carbocycles. The van der Waals surface area contributed by atoms with Gasteiger partial charge in [-0.25, -0.2) is 9.97 Å². The summed E-state index contributed by atoms with van der Waals surface area (Å²) in [5.41, 5.74) is 7.57. The number of carbonyl (C=O) groups excluding carboxylic acids is 1. The number of pyridine rings is 1. The molecule has 4 aromatic rings. The average molecular weight is 649 g/mol. The molecule has 6 rings (SSSR count). The van der Waals surface area contributed by atoms with E-state index in [0.29, 0.717) is 81.4 Å². The highest BCUT2D eigenvalue weighted by Gasteiger charge is 2.27. The van der Waals surface area contributed by atoms with Crippen LogP contribution in [0.15, 0.2) is 48.7 Å². The number of benzene rings is 2. The number of fused-ring (bicyclic) bond motifs is 1. The second-order valence-electron chi connectivity index (χ2n) is 11.6. The molecule has 234 valence electrons. The number of nitrogens with zero attached hydrogens (tertiary/aromatic N) is 5. The van der Waals surface area contributed by atoms with Crippen LogP contribution in [0.1, 0.15) is 38.6 Å². The van der Waals surface area contributed by atoms with E-state index in [2.05, 4.69) is 14.8 Å². The van der Waals surface area contributed by atoms with Crippen molar-refractivity contribution in [3.8, 4) is 28.3 Å². The van der Waals surface area contributed by atoms with Gasteiger partial charge in [-0.2, -0.15) is 0 Å². The molecular formula is C34H35Cl2N5O4. The molecule has 0 unspecified atom stereocenters. The third-order valence-electron chi connectivity index (χ3n) is 8.49. The number of ether oxygens (including phenoxy) is 1. The number of hydrogen-bond acceptors (Lipinski definition) is 9. The number of aryl methyl sites for hydroxylation is 1. The lowest BCUT2D eigenvalue weighted by Crippen LogP contribution is -2.50. The first-order valence-corrected chi connectivity index (χ1v) is 15.7. The maximum Gasteiger partial charge on any atom is 0.237 e. The number of halogens is 2. The lowest BCUT2D eigenvalue weighted by atomic mass is 9.96. The van der Waals surface area contributed by atoms with E-state index in [1.807, 2.05) is 49.4 Å². The number of hydrogen-bond donors (Lipinski definition) is 2. The Balaban J connectivity index is 1.24. The van der Waals surface area contributed by atoms with Crippen molar-refractivity contribution in [3.63, 3.8) is 0 Å². The summed E-state index contributed by atoms with van der Waals surface area (Å²) in [7, 11) is 1.56. The highest BCUT2D eigenvalue weighted by Crippen LogP contribution is 2.40. The second kappa shape index (κ2) is 13.5. The molecule has 0 spiro atoms. The molecule has 2 aromatic heterocycles. The number of carbonyl (C=O) groups is 1. The van der Waals surface area contributed by atoms with Crippen LogP contribution < -0.4 is 4.74 Å².